The van der Waals surface area contributed by atoms with E-state index in [0.717, 1.165) is 31.4 Å². The smallest absolute Gasteiger partial charge is 0.0541 e. The largest absolute Gasteiger partial charge is 0.393 e. The van der Waals surface area contributed by atoms with Gasteiger partial charge in [-0.3, -0.25) is 4.98 Å². The lowest BCUT2D eigenvalue weighted by Gasteiger charge is -2.38. The van der Waals surface area contributed by atoms with E-state index in [2.05, 4.69) is 18.0 Å². The first-order valence-electron chi connectivity index (χ1n) is 5.98. The van der Waals surface area contributed by atoms with E-state index in [1.807, 2.05) is 12.3 Å². The number of aryl methyl sites for hydroxylation is 1. The Morgan fingerprint density at radius 1 is 1.50 bits per heavy atom. The first-order valence-corrected chi connectivity index (χ1v) is 5.98. The molecule has 1 aromatic heterocycles. The Kier molecular flexibility index (Phi) is 3.26. The van der Waals surface area contributed by atoms with Gasteiger partial charge in [-0.15, -0.1) is 0 Å². The number of pyridine rings is 1. The van der Waals surface area contributed by atoms with Crippen LogP contribution in [0.2, 0.25) is 0 Å². The fraction of sp³-hybridized carbons (Fsp3) is 0.615. The highest BCUT2D eigenvalue weighted by atomic mass is 16.3. The van der Waals surface area contributed by atoms with E-state index in [9.17, 15) is 5.11 Å². The molecule has 1 aliphatic carbocycles. The van der Waals surface area contributed by atoms with Crippen LogP contribution in [0.25, 0.3) is 0 Å². The summed E-state index contributed by atoms with van der Waals surface area (Å²) in [5.41, 5.74) is 8.30. The van der Waals surface area contributed by atoms with Crippen molar-refractivity contribution in [3.05, 3.63) is 29.6 Å². The number of rotatable bonds is 2. The average molecular weight is 220 g/mol. The topological polar surface area (TPSA) is 59.1 Å². The van der Waals surface area contributed by atoms with Crippen molar-refractivity contribution >= 4 is 0 Å². The van der Waals surface area contributed by atoms with E-state index in [4.69, 9.17) is 5.73 Å². The van der Waals surface area contributed by atoms with Gasteiger partial charge >= 0.3 is 0 Å². The van der Waals surface area contributed by atoms with E-state index in [1.165, 1.54) is 5.56 Å². The Bertz CT molecular complexity index is 357. The van der Waals surface area contributed by atoms with Crippen molar-refractivity contribution in [1.29, 1.82) is 0 Å². The molecule has 0 radical (unpaired) electrons. The highest BCUT2D eigenvalue weighted by Crippen LogP contribution is 2.38. The number of aromatic nitrogens is 1. The lowest BCUT2D eigenvalue weighted by atomic mass is 9.70. The van der Waals surface area contributed by atoms with Gasteiger partial charge in [0.2, 0.25) is 0 Å². The summed E-state index contributed by atoms with van der Waals surface area (Å²) in [7, 11) is 0. The van der Waals surface area contributed by atoms with Crippen LogP contribution in [-0.2, 0) is 5.41 Å². The standard InChI is InChI=1S/C13H20N2O/c1-10-3-2-8-15-12(10)13(9-14)6-4-11(16)5-7-13/h2-3,8,11,16H,4-7,9,14H2,1H3. The first-order chi connectivity index (χ1) is 7.68. The van der Waals surface area contributed by atoms with Crippen LogP contribution in [0.15, 0.2) is 18.3 Å². The van der Waals surface area contributed by atoms with Crippen molar-refractivity contribution in [3.8, 4) is 0 Å². The number of aliphatic hydroxyl groups is 1. The molecule has 1 heterocycles. The van der Waals surface area contributed by atoms with Crippen LogP contribution in [0.5, 0.6) is 0 Å². The van der Waals surface area contributed by atoms with Crippen molar-refractivity contribution in [2.75, 3.05) is 6.54 Å². The zero-order valence-corrected chi connectivity index (χ0v) is 9.82. The molecule has 3 N–H and O–H groups in total. The lowest BCUT2D eigenvalue weighted by Crippen LogP contribution is -2.41. The van der Waals surface area contributed by atoms with Crippen molar-refractivity contribution < 1.29 is 5.11 Å². The van der Waals surface area contributed by atoms with Gasteiger partial charge in [0.25, 0.3) is 0 Å². The van der Waals surface area contributed by atoms with Crippen LogP contribution < -0.4 is 5.73 Å². The molecule has 0 bridgehead atoms. The summed E-state index contributed by atoms with van der Waals surface area (Å²) >= 11 is 0. The van der Waals surface area contributed by atoms with Crippen LogP contribution in [0.3, 0.4) is 0 Å². The third-order valence-electron chi connectivity index (χ3n) is 3.81. The van der Waals surface area contributed by atoms with Gasteiger partial charge in [0.1, 0.15) is 0 Å². The molecule has 1 aliphatic rings. The molecule has 1 aromatic rings. The molecule has 0 aliphatic heterocycles. The summed E-state index contributed by atoms with van der Waals surface area (Å²) in [6, 6.07) is 4.05. The zero-order valence-electron chi connectivity index (χ0n) is 9.82. The fourth-order valence-corrected chi connectivity index (χ4v) is 2.73. The molecular formula is C13H20N2O. The van der Waals surface area contributed by atoms with Crippen LogP contribution in [0.4, 0.5) is 0 Å². The molecule has 0 aromatic carbocycles. The third-order valence-corrected chi connectivity index (χ3v) is 3.81. The van der Waals surface area contributed by atoms with E-state index >= 15 is 0 Å². The molecule has 3 nitrogen and oxygen atoms in total. The highest BCUT2D eigenvalue weighted by Gasteiger charge is 2.37. The molecule has 88 valence electrons. The summed E-state index contributed by atoms with van der Waals surface area (Å²) in [5.74, 6) is 0. The van der Waals surface area contributed by atoms with Crippen LogP contribution >= 0.6 is 0 Å². The number of hydrogen-bond donors (Lipinski definition) is 2. The van der Waals surface area contributed by atoms with Crippen molar-refractivity contribution in [3.63, 3.8) is 0 Å². The average Bonchev–Trinajstić information content (AvgIpc) is 2.32. The van der Waals surface area contributed by atoms with E-state index in [1.54, 1.807) is 0 Å². The van der Waals surface area contributed by atoms with Gasteiger partial charge < -0.3 is 10.8 Å². The number of hydrogen-bond acceptors (Lipinski definition) is 3. The minimum absolute atomic E-state index is 0.00935. The maximum Gasteiger partial charge on any atom is 0.0541 e. The van der Waals surface area contributed by atoms with Gasteiger partial charge in [0, 0.05) is 18.2 Å². The first kappa shape index (κ1) is 11.6. The molecule has 0 spiro atoms. The second kappa shape index (κ2) is 4.52. The summed E-state index contributed by atoms with van der Waals surface area (Å²) in [6.07, 6.45) is 5.26. The second-order valence-electron chi connectivity index (χ2n) is 4.88. The van der Waals surface area contributed by atoms with Gasteiger partial charge in [0.15, 0.2) is 0 Å². The van der Waals surface area contributed by atoms with Crippen molar-refractivity contribution in [2.45, 2.75) is 44.1 Å². The molecule has 0 atom stereocenters. The number of aliphatic hydroxyl groups excluding tert-OH is 1. The molecule has 2 rings (SSSR count). The van der Waals surface area contributed by atoms with Crippen LogP contribution in [0, 0.1) is 6.92 Å². The molecule has 0 saturated heterocycles. The summed E-state index contributed by atoms with van der Waals surface area (Å²) < 4.78 is 0. The number of nitrogens with two attached hydrogens (primary N) is 1. The summed E-state index contributed by atoms with van der Waals surface area (Å²) in [6.45, 7) is 2.71. The fourth-order valence-electron chi connectivity index (χ4n) is 2.73. The molecule has 1 fully saturated rings. The lowest BCUT2D eigenvalue weighted by molar-refractivity contribution is 0.0960. The predicted molar refractivity (Wildman–Crippen MR) is 64.2 cm³/mol. The predicted octanol–water partition coefficient (Wildman–Crippen LogP) is 1.52. The van der Waals surface area contributed by atoms with E-state index in [-0.39, 0.29) is 11.5 Å². The maximum atomic E-state index is 9.59. The Hall–Kier alpha value is -0.930. The minimum Gasteiger partial charge on any atom is -0.393 e. The van der Waals surface area contributed by atoms with Crippen molar-refractivity contribution in [1.82, 2.24) is 4.98 Å². The van der Waals surface area contributed by atoms with Gasteiger partial charge in [-0.1, -0.05) is 6.07 Å². The van der Waals surface area contributed by atoms with Gasteiger partial charge in [-0.05, 0) is 44.2 Å². The molecule has 0 unspecified atom stereocenters. The zero-order chi connectivity index (χ0) is 11.6. The SMILES string of the molecule is Cc1cccnc1C1(CN)CCC(O)CC1. The number of nitrogens with zero attached hydrogens (tertiary/aromatic N) is 1. The van der Waals surface area contributed by atoms with E-state index in [0.29, 0.717) is 6.54 Å². The van der Waals surface area contributed by atoms with Crippen LogP contribution in [0.1, 0.15) is 36.9 Å². The molecular weight excluding hydrogens is 200 g/mol. The second-order valence-corrected chi connectivity index (χ2v) is 4.88. The highest BCUT2D eigenvalue weighted by molar-refractivity contribution is 5.27. The quantitative estimate of drug-likeness (QED) is 0.794. The molecule has 3 heteroatoms. The normalized spacial score (nSPS) is 30.3. The maximum absolute atomic E-state index is 9.59. The molecule has 0 amide bonds. The van der Waals surface area contributed by atoms with Crippen molar-refractivity contribution in [2.24, 2.45) is 5.73 Å². The van der Waals surface area contributed by atoms with Crippen LogP contribution in [-0.4, -0.2) is 22.7 Å². The summed E-state index contributed by atoms with van der Waals surface area (Å²) in [4.78, 5) is 4.51. The van der Waals surface area contributed by atoms with Gasteiger partial charge in [0.05, 0.1) is 11.8 Å². The Morgan fingerprint density at radius 3 is 2.75 bits per heavy atom. The molecule has 1 saturated carbocycles. The van der Waals surface area contributed by atoms with Gasteiger partial charge in [-0.2, -0.15) is 0 Å². The summed E-state index contributed by atoms with van der Waals surface area (Å²) in [5, 5.41) is 9.59. The Balaban J connectivity index is 2.32. The third kappa shape index (κ3) is 1.97. The Morgan fingerprint density at radius 2 is 2.19 bits per heavy atom. The Labute approximate surface area is 96.7 Å². The molecule has 16 heavy (non-hydrogen) atoms. The van der Waals surface area contributed by atoms with Gasteiger partial charge in [-0.25, -0.2) is 0 Å². The minimum atomic E-state index is -0.149. The monoisotopic (exact) mass is 220 g/mol. The van der Waals surface area contributed by atoms with E-state index < -0.39 is 0 Å².